The molecule has 0 aromatic rings. The lowest BCUT2D eigenvalue weighted by Gasteiger charge is -2.37. The summed E-state index contributed by atoms with van der Waals surface area (Å²) in [5.74, 6) is 0. The molecule has 1 saturated heterocycles. The summed E-state index contributed by atoms with van der Waals surface area (Å²) in [5, 5.41) is 3.09. The van der Waals surface area contributed by atoms with E-state index < -0.39 is 10.2 Å². The summed E-state index contributed by atoms with van der Waals surface area (Å²) in [5.41, 5.74) is -0.380. The van der Waals surface area contributed by atoms with Gasteiger partial charge < -0.3 is 5.32 Å². The average molecular weight is 291 g/mol. The van der Waals surface area contributed by atoms with Crippen molar-refractivity contribution < 1.29 is 8.42 Å². The second kappa shape index (κ2) is 7.02. The number of nitrogens with one attached hydrogen (secondary N) is 2. The van der Waals surface area contributed by atoms with Crippen LogP contribution in [-0.2, 0) is 10.2 Å². The molecule has 1 unspecified atom stereocenters. The van der Waals surface area contributed by atoms with Gasteiger partial charge in [0, 0.05) is 24.7 Å². The highest BCUT2D eigenvalue weighted by Gasteiger charge is 2.35. The second-order valence-electron chi connectivity index (χ2n) is 6.06. The molecule has 0 radical (unpaired) electrons. The third kappa shape index (κ3) is 5.02. The van der Waals surface area contributed by atoms with Crippen LogP contribution in [0, 0.1) is 0 Å². The van der Waals surface area contributed by atoms with Crippen molar-refractivity contribution in [2.24, 2.45) is 0 Å². The van der Waals surface area contributed by atoms with Crippen LogP contribution in [-0.4, -0.2) is 44.4 Å². The molecular formula is C13H29N3O2S. The standard InChI is InChI=1S/C13H29N3O2S/c1-5-9-13(2,3)15-19(17,18)16-10-7-6-8-12(16)11-14-4/h12,14-15H,5-11H2,1-4H3. The van der Waals surface area contributed by atoms with Gasteiger partial charge in [-0.15, -0.1) is 0 Å². The highest BCUT2D eigenvalue weighted by molar-refractivity contribution is 7.87. The first kappa shape index (κ1) is 16.9. The summed E-state index contributed by atoms with van der Waals surface area (Å²) in [4.78, 5) is 0. The molecule has 0 aliphatic carbocycles. The zero-order chi connectivity index (χ0) is 14.5. The van der Waals surface area contributed by atoms with Gasteiger partial charge in [0.15, 0.2) is 0 Å². The fourth-order valence-electron chi connectivity index (χ4n) is 2.81. The van der Waals surface area contributed by atoms with Gasteiger partial charge in [0.1, 0.15) is 0 Å². The van der Waals surface area contributed by atoms with Crippen LogP contribution in [0.1, 0.15) is 52.9 Å². The normalized spacial score (nSPS) is 22.6. The molecule has 1 rings (SSSR count). The van der Waals surface area contributed by atoms with Crippen LogP contribution in [0.25, 0.3) is 0 Å². The van der Waals surface area contributed by atoms with Gasteiger partial charge >= 0.3 is 0 Å². The van der Waals surface area contributed by atoms with Gasteiger partial charge in [-0.25, -0.2) is 0 Å². The largest absolute Gasteiger partial charge is 0.318 e. The van der Waals surface area contributed by atoms with Crippen molar-refractivity contribution in [2.45, 2.75) is 64.5 Å². The number of piperidine rings is 1. The maximum absolute atomic E-state index is 12.5. The Balaban J connectivity index is 2.79. The molecule has 6 heteroatoms. The molecule has 1 fully saturated rings. The minimum Gasteiger partial charge on any atom is -0.318 e. The van der Waals surface area contributed by atoms with Gasteiger partial charge in [-0.2, -0.15) is 17.4 Å². The highest BCUT2D eigenvalue weighted by Crippen LogP contribution is 2.21. The summed E-state index contributed by atoms with van der Waals surface area (Å²) in [6, 6.07) is 0.0775. The van der Waals surface area contributed by atoms with Crippen molar-refractivity contribution in [1.29, 1.82) is 0 Å². The molecule has 0 amide bonds. The van der Waals surface area contributed by atoms with Gasteiger partial charge in [0.05, 0.1) is 0 Å². The minimum atomic E-state index is -3.39. The van der Waals surface area contributed by atoms with Crippen molar-refractivity contribution >= 4 is 10.2 Å². The third-order valence-corrected chi connectivity index (χ3v) is 5.51. The lowest BCUT2D eigenvalue weighted by molar-refractivity contribution is 0.240. The third-order valence-electron chi connectivity index (χ3n) is 3.60. The van der Waals surface area contributed by atoms with Crippen LogP contribution in [0.5, 0.6) is 0 Å². The molecule has 0 spiro atoms. The number of rotatable bonds is 7. The van der Waals surface area contributed by atoms with E-state index in [1.54, 1.807) is 4.31 Å². The fraction of sp³-hybridized carbons (Fsp3) is 1.00. The van der Waals surface area contributed by atoms with Crippen molar-refractivity contribution in [2.75, 3.05) is 20.1 Å². The summed E-state index contributed by atoms with van der Waals surface area (Å²) in [7, 11) is -1.52. The average Bonchev–Trinajstić information content (AvgIpc) is 2.28. The molecule has 1 aliphatic rings. The second-order valence-corrected chi connectivity index (χ2v) is 7.68. The Bertz CT molecular complexity index is 366. The maximum atomic E-state index is 12.5. The number of hydrogen-bond donors (Lipinski definition) is 2. The summed E-state index contributed by atoms with van der Waals surface area (Å²) in [6.07, 6.45) is 4.81. The van der Waals surface area contributed by atoms with Crippen molar-refractivity contribution in [1.82, 2.24) is 14.3 Å². The highest BCUT2D eigenvalue weighted by atomic mass is 32.2. The maximum Gasteiger partial charge on any atom is 0.280 e. The number of nitrogens with zero attached hydrogens (tertiary/aromatic N) is 1. The van der Waals surface area contributed by atoms with E-state index in [0.717, 1.165) is 38.6 Å². The van der Waals surface area contributed by atoms with E-state index in [2.05, 4.69) is 17.0 Å². The van der Waals surface area contributed by atoms with Crippen LogP contribution in [0.4, 0.5) is 0 Å². The van der Waals surface area contributed by atoms with E-state index >= 15 is 0 Å². The first-order chi connectivity index (χ1) is 8.82. The van der Waals surface area contributed by atoms with Gasteiger partial charge in [-0.1, -0.05) is 19.8 Å². The Morgan fingerprint density at radius 2 is 2.00 bits per heavy atom. The number of likely N-dealkylation sites (N-methyl/N-ethyl adjacent to an activating group) is 1. The van der Waals surface area contributed by atoms with E-state index in [0.29, 0.717) is 6.54 Å². The van der Waals surface area contributed by atoms with Crippen LogP contribution in [0.3, 0.4) is 0 Å². The van der Waals surface area contributed by atoms with Crippen LogP contribution >= 0.6 is 0 Å². The van der Waals surface area contributed by atoms with Crippen LogP contribution in [0.2, 0.25) is 0 Å². The van der Waals surface area contributed by atoms with Crippen LogP contribution < -0.4 is 10.0 Å². The predicted octanol–water partition coefficient (Wildman–Crippen LogP) is 1.47. The lowest BCUT2D eigenvalue weighted by atomic mass is 10.0. The predicted molar refractivity (Wildman–Crippen MR) is 79.3 cm³/mol. The molecule has 1 heterocycles. The van der Waals surface area contributed by atoms with E-state index in [1.165, 1.54) is 0 Å². The molecule has 5 nitrogen and oxygen atoms in total. The van der Waals surface area contributed by atoms with Gasteiger partial charge in [0.25, 0.3) is 10.2 Å². The van der Waals surface area contributed by atoms with Gasteiger partial charge in [-0.05, 0) is 40.2 Å². The van der Waals surface area contributed by atoms with E-state index in [9.17, 15) is 8.42 Å². The molecule has 2 N–H and O–H groups in total. The molecule has 1 atom stereocenters. The topological polar surface area (TPSA) is 61.4 Å². The van der Waals surface area contributed by atoms with Crippen molar-refractivity contribution in [3.63, 3.8) is 0 Å². The monoisotopic (exact) mass is 291 g/mol. The summed E-state index contributed by atoms with van der Waals surface area (Å²) >= 11 is 0. The number of hydrogen-bond acceptors (Lipinski definition) is 3. The van der Waals surface area contributed by atoms with Crippen molar-refractivity contribution in [3.05, 3.63) is 0 Å². The first-order valence-corrected chi connectivity index (χ1v) is 8.72. The molecule has 1 aliphatic heterocycles. The minimum absolute atomic E-state index is 0.0775. The molecule has 0 bridgehead atoms. The SMILES string of the molecule is CCCC(C)(C)NS(=O)(=O)N1CCCCC1CNC. The van der Waals surface area contributed by atoms with Crippen LogP contribution in [0.15, 0.2) is 0 Å². The summed E-state index contributed by atoms with van der Waals surface area (Å²) in [6.45, 7) is 7.32. The van der Waals surface area contributed by atoms with Crippen molar-refractivity contribution in [3.8, 4) is 0 Å². The van der Waals surface area contributed by atoms with E-state index in [-0.39, 0.29) is 11.6 Å². The molecule has 114 valence electrons. The molecule has 0 aromatic carbocycles. The van der Waals surface area contributed by atoms with E-state index in [1.807, 2.05) is 20.9 Å². The Morgan fingerprint density at radius 1 is 1.32 bits per heavy atom. The first-order valence-electron chi connectivity index (χ1n) is 7.28. The molecular weight excluding hydrogens is 262 g/mol. The molecule has 19 heavy (non-hydrogen) atoms. The van der Waals surface area contributed by atoms with Gasteiger partial charge in [-0.3, -0.25) is 0 Å². The molecule has 0 saturated carbocycles. The van der Waals surface area contributed by atoms with E-state index in [4.69, 9.17) is 0 Å². The zero-order valence-corrected chi connectivity index (χ0v) is 13.5. The Kier molecular flexibility index (Phi) is 6.23. The Hall–Kier alpha value is -0.170. The van der Waals surface area contributed by atoms with Gasteiger partial charge in [0.2, 0.25) is 0 Å². The Labute approximate surface area is 118 Å². The quantitative estimate of drug-likeness (QED) is 0.747. The smallest absolute Gasteiger partial charge is 0.280 e. The zero-order valence-electron chi connectivity index (χ0n) is 12.7. The summed E-state index contributed by atoms with van der Waals surface area (Å²) < 4.78 is 29.6. The lowest BCUT2D eigenvalue weighted by Crippen LogP contribution is -2.56. The Morgan fingerprint density at radius 3 is 2.58 bits per heavy atom. The molecule has 0 aromatic heterocycles. The fourth-order valence-corrected chi connectivity index (χ4v) is 4.67.